The van der Waals surface area contributed by atoms with Crippen LogP contribution in [0, 0.1) is 0 Å². The molecule has 3 N–H and O–H groups in total. The van der Waals surface area contributed by atoms with E-state index in [2.05, 4.69) is 0 Å². The summed E-state index contributed by atoms with van der Waals surface area (Å²) in [6, 6.07) is 5.75. The van der Waals surface area contributed by atoms with Crippen LogP contribution in [0.15, 0.2) is 18.2 Å². The maximum Gasteiger partial charge on any atom is 0.124 e. The Balaban J connectivity index is 2.39. The van der Waals surface area contributed by atoms with Crippen molar-refractivity contribution in [1.29, 1.82) is 0 Å². The summed E-state index contributed by atoms with van der Waals surface area (Å²) in [6.45, 7) is 0.717. The van der Waals surface area contributed by atoms with Gasteiger partial charge in [0, 0.05) is 18.0 Å². The van der Waals surface area contributed by atoms with Crippen molar-refractivity contribution in [3.63, 3.8) is 0 Å². The van der Waals surface area contributed by atoms with Gasteiger partial charge in [0.25, 0.3) is 0 Å². The molecule has 0 saturated heterocycles. The normalized spacial score (nSPS) is 20.6. The number of rotatable bonds is 1. The first-order chi connectivity index (χ1) is 6.31. The summed E-state index contributed by atoms with van der Waals surface area (Å²) >= 11 is 0. The quantitative estimate of drug-likeness (QED) is 0.675. The molecule has 3 nitrogen and oxygen atoms in total. The minimum Gasteiger partial charge on any atom is -0.493 e. The number of aliphatic hydroxyl groups excluding tert-OH is 1. The van der Waals surface area contributed by atoms with Gasteiger partial charge in [-0.05, 0) is 11.6 Å². The fraction of sp³-hybridized carbons (Fsp3) is 0.400. The molecule has 13 heavy (non-hydrogen) atoms. The Labute approximate surface area is 77.1 Å². The molecule has 1 aliphatic rings. The van der Waals surface area contributed by atoms with E-state index in [9.17, 15) is 0 Å². The molecule has 2 rings (SSSR count). The van der Waals surface area contributed by atoms with Crippen molar-refractivity contribution in [3.05, 3.63) is 29.3 Å². The minimum absolute atomic E-state index is 0.0475. The van der Waals surface area contributed by atoms with Gasteiger partial charge in [-0.3, -0.25) is 0 Å². The molecule has 1 aromatic rings. The van der Waals surface area contributed by atoms with Crippen molar-refractivity contribution in [2.75, 3.05) is 6.61 Å². The Morgan fingerprint density at radius 1 is 1.54 bits per heavy atom. The van der Waals surface area contributed by atoms with Crippen LogP contribution in [0.3, 0.4) is 0 Å². The Kier molecular flexibility index (Phi) is 2.20. The molecule has 0 saturated carbocycles. The number of benzene rings is 1. The first-order valence-electron chi connectivity index (χ1n) is 4.43. The maximum atomic E-state index is 8.92. The second kappa shape index (κ2) is 3.36. The van der Waals surface area contributed by atoms with Crippen LogP contribution in [-0.4, -0.2) is 11.7 Å². The van der Waals surface area contributed by atoms with Crippen LogP contribution < -0.4 is 10.5 Å². The van der Waals surface area contributed by atoms with Crippen LogP contribution in [0.5, 0.6) is 5.75 Å². The van der Waals surface area contributed by atoms with Gasteiger partial charge >= 0.3 is 0 Å². The molecule has 70 valence electrons. The van der Waals surface area contributed by atoms with E-state index in [4.69, 9.17) is 15.6 Å². The number of ether oxygens (including phenoxy) is 1. The molecule has 0 spiro atoms. The van der Waals surface area contributed by atoms with E-state index in [1.807, 2.05) is 18.2 Å². The predicted octanol–water partition coefficient (Wildman–Crippen LogP) is 0.961. The van der Waals surface area contributed by atoms with Gasteiger partial charge in [0.2, 0.25) is 0 Å². The van der Waals surface area contributed by atoms with Crippen LogP contribution in [0.2, 0.25) is 0 Å². The Hall–Kier alpha value is -1.06. The zero-order chi connectivity index (χ0) is 9.26. The fourth-order valence-corrected chi connectivity index (χ4v) is 1.56. The maximum absolute atomic E-state index is 8.92. The van der Waals surface area contributed by atoms with Crippen LogP contribution in [0.1, 0.15) is 23.6 Å². The number of hydrogen-bond acceptors (Lipinski definition) is 3. The molecule has 0 bridgehead atoms. The summed E-state index contributed by atoms with van der Waals surface area (Å²) in [6.07, 6.45) is 0.867. The van der Waals surface area contributed by atoms with Gasteiger partial charge in [-0.1, -0.05) is 12.1 Å². The van der Waals surface area contributed by atoms with E-state index in [0.29, 0.717) is 6.61 Å². The van der Waals surface area contributed by atoms with Crippen molar-refractivity contribution in [3.8, 4) is 5.75 Å². The van der Waals surface area contributed by atoms with Gasteiger partial charge in [-0.2, -0.15) is 0 Å². The average Bonchev–Trinajstić information content (AvgIpc) is 2.18. The summed E-state index contributed by atoms with van der Waals surface area (Å²) in [5.74, 6) is 0.824. The molecular weight excluding hydrogens is 166 g/mol. The third-order valence-corrected chi connectivity index (χ3v) is 2.35. The first kappa shape index (κ1) is 8.53. The highest BCUT2D eigenvalue weighted by Crippen LogP contribution is 2.31. The van der Waals surface area contributed by atoms with Crippen molar-refractivity contribution >= 4 is 0 Å². The van der Waals surface area contributed by atoms with Gasteiger partial charge in [0.1, 0.15) is 5.75 Å². The second-order valence-electron chi connectivity index (χ2n) is 3.27. The molecule has 0 unspecified atom stereocenters. The van der Waals surface area contributed by atoms with Crippen LogP contribution in [0.4, 0.5) is 0 Å². The lowest BCUT2D eigenvalue weighted by molar-refractivity contribution is 0.262. The van der Waals surface area contributed by atoms with E-state index >= 15 is 0 Å². The van der Waals surface area contributed by atoms with Crippen LogP contribution >= 0.6 is 0 Å². The van der Waals surface area contributed by atoms with Crippen molar-refractivity contribution in [2.45, 2.75) is 19.1 Å². The zero-order valence-corrected chi connectivity index (χ0v) is 7.36. The number of hydrogen-bond donors (Lipinski definition) is 2. The van der Waals surface area contributed by atoms with Gasteiger partial charge in [-0.25, -0.2) is 0 Å². The molecular formula is C10H13NO2. The predicted molar refractivity (Wildman–Crippen MR) is 49.4 cm³/mol. The Morgan fingerprint density at radius 3 is 3.15 bits per heavy atom. The Bertz CT molecular complexity index is 312. The monoisotopic (exact) mass is 179 g/mol. The van der Waals surface area contributed by atoms with Gasteiger partial charge < -0.3 is 15.6 Å². The molecule has 0 aromatic heterocycles. The second-order valence-corrected chi connectivity index (χ2v) is 3.27. The van der Waals surface area contributed by atoms with Gasteiger partial charge in [0.15, 0.2) is 0 Å². The van der Waals surface area contributed by atoms with Crippen molar-refractivity contribution in [1.82, 2.24) is 0 Å². The molecule has 0 fully saturated rings. The highest BCUT2D eigenvalue weighted by molar-refractivity contribution is 5.40. The number of aliphatic hydroxyl groups is 1. The topological polar surface area (TPSA) is 55.5 Å². The van der Waals surface area contributed by atoms with Crippen LogP contribution in [0.25, 0.3) is 0 Å². The third-order valence-electron chi connectivity index (χ3n) is 2.35. The van der Waals surface area contributed by atoms with Gasteiger partial charge in [0.05, 0.1) is 13.2 Å². The van der Waals surface area contributed by atoms with Crippen molar-refractivity contribution in [2.24, 2.45) is 5.73 Å². The lowest BCUT2D eigenvalue weighted by Gasteiger charge is -2.23. The highest BCUT2D eigenvalue weighted by atomic mass is 16.5. The molecule has 1 aromatic carbocycles. The summed E-state index contributed by atoms with van der Waals surface area (Å²) in [5.41, 5.74) is 7.81. The summed E-state index contributed by atoms with van der Waals surface area (Å²) < 4.78 is 5.45. The van der Waals surface area contributed by atoms with Crippen molar-refractivity contribution < 1.29 is 9.84 Å². The van der Waals surface area contributed by atoms with E-state index in [0.717, 1.165) is 23.3 Å². The zero-order valence-electron chi connectivity index (χ0n) is 7.36. The van der Waals surface area contributed by atoms with E-state index in [1.54, 1.807) is 0 Å². The SMILES string of the molecule is N[C@@H]1CCOc2cc(CO)ccc21. The molecule has 0 radical (unpaired) electrons. The van der Waals surface area contributed by atoms with E-state index in [-0.39, 0.29) is 12.6 Å². The molecule has 1 heterocycles. The lowest BCUT2D eigenvalue weighted by Crippen LogP contribution is -2.20. The number of fused-ring (bicyclic) bond motifs is 1. The van der Waals surface area contributed by atoms with Crippen LogP contribution in [-0.2, 0) is 6.61 Å². The van der Waals surface area contributed by atoms with Gasteiger partial charge in [-0.15, -0.1) is 0 Å². The minimum atomic E-state index is 0.0475. The van der Waals surface area contributed by atoms with E-state index in [1.165, 1.54) is 0 Å². The highest BCUT2D eigenvalue weighted by Gasteiger charge is 2.17. The summed E-state index contributed by atoms with van der Waals surface area (Å²) in [7, 11) is 0. The fourth-order valence-electron chi connectivity index (χ4n) is 1.56. The summed E-state index contributed by atoms with van der Waals surface area (Å²) in [4.78, 5) is 0. The molecule has 0 amide bonds. The first-order valence-corrected chi connectivity index (χ1v) is 4.43. The molecule has 1 atom stereocenters. The van der Waals surface area contributed by atoms with E-state index < -0.39 is 0 Å². The summed E-state index contributed by atoms with van der Waals surface area (Å²) in [5, 5.41) is 8.92. The lowest BCUT2D eigenvalue weighted by atomic mass is 10.00. The standard InChI is InChI=1S/C10H13NO2/c11-9-3-4-13-10-5-7(6-12)1-2-8(9)10/h1-2,5,9,12H,3-4,6,11H2/t9-/m1/s1. The molecule has 0 aliphatic carbocycles. The largest absolute Gasteiger partial charge is 0.493 e. The Morgan fingerprint density at radius 2 is 2.38 bits per heavy atom. The molecule has 3 heteroatoms. The molecule has 1 aliphatic heterocycles. The number of nitrogens with two attached hydrogens (primary N) is 1. The smallest absolute Gasteiger partial charge is 0.124 e. The average molecular weight is 179 g/mol. The third kappa shape index (κ3) is 1.53.